The molecule has 1 saturated heterocycles. The number of halogens is 2. The van der Waals surface area contributed by atoms with E-state index >= 15 is 0 Å². The fourth-order valence-electron chi connectivity index (χ4n) is 2.65. The average molecular weight is 313 g/mol. The van der Waals surface area contributed by atoms with E-state index in [0.717, 1.165) is 32.6 Å². The minimum absolute atomic E-state index is 0. The van der Waals surface area contributed by atoms with Crippen LogP contribution in [-0.2, 0) is 4.79 Å². The Kier molecular flexibility index (Phi) is 9.73. The third-order valence-corrected chi connectivity index (χ3v) is 3.39. The summed E-state index contributed by atoms with van der Waals surface area (Å²) >= 11 is 0. The molecule has 2 rings (SSSR count). The molecule has 2 aliphatic rings. The predicted molar refractivity (Wildman–Crippen MR) is 83.3 cm³/mol. The number of nitrogens with one attached hydrogen (secondary N) is 1. The first-order valence-corrected chi connectivity index (χ1v) is 6.26. The highest BCUT2D eigenvalue weighted by Gasteiger charge is 2.29. The summed E-state index contributed by atoms with van der Waals surface area (Å²) in [5.41, 5.74) is 1.39. The Balaban J connectivity index is 0. The van der Waals surface area contributed by atoms with Crippen molar-refractivity contribution in [2.24, 2.45) is 5.41 Å². The first-order chi connectivity index (χ1) is 7.57. The summed E-state index contributed by atoms with van der Waals surface area (Å²) in [4.78, 5) is 14.1. The van der Waals surface area contributed by atoms with Gasteiger partial charge in [-0.05, 0) is 24.8 Å². The normalized spacial score (nSPS) is 22.1. The molecule has 0 aromatic carbocycles. The molecule has 0 unspecified atom stereocenters. The summed E-state index contributed by atoms with van der Waals surface area (Å²) in [6.07, 6.45) is 4.78. The maximum Gasteiger partial charge on any atom is 0.157 e. The second kappa shape index (κ2) is 8.80. The number of hydrogen-bond acceptors (Lipinski definition) is 3. The second-order valence-electron chi connectivity index (χ2n) is 5.71. The van der Waals surface area contributed by atoms with E-state index in [9.17, 15) is 4.79 Å². The van der Waals surface area contributed by atoms with Gasteiger partial charge in [-0.15, -0.1) is 24.8 Å². The quantitative estimate of drug-likeness (QED) is 0.799. The van der Waals surface area contributed by atoms with E-state index in [2.05, 4.69) is 24.1 Å². The lowest BCUT2D eigenvalue weighted by atomic mass is 9.78. The van der Waals surface area contributed by atoms with E-state index in [1.54, 1.807) is 0 Å². The number of carbonyl (C=O) groups excluding carboxylic acids is 1. The van der Waals surface area contributed by atoms with Crippen LogP contribution in [0.2, 0.25) is 0 Å². The SMILES string of the molecule is CC1(C)CC(=O)C=C(N2CCCNCC2)C1.Cl.Cl.O. The fraction of sp³-hybridized carbons (Fsp3) is 0.769. The predicted octanol–water partition coefficient (Wildman–Crippen LogP) is 1.57. The number of allylic oxidation sites excluding steroid dienone is 2. The molecule has 4 nitrogen and oxygen atoms in total. The van der Waals surface area contributed by atoms with Crippen LogP contribution in [0.1, 0.15) is 33.1 Å². The van der Waals surface area contributed by atoms with Crippen LogP contribution in [0.5, 0.6) is 0 Å². The smallest absolute Gasteiger partial charge is 0.157 e. The highest BCUT2D eigenvalue weighted by atomic mass is 35.5. The Labute approximate surface area is 128 Å². The molecule has 0 aromatic rings. The topological polar surface area (TPSA) is 63.8 Å². The summed E-state index contributed by atoms with van der Waals surface area (Å²) in [6.45, 7) is 8.63. The van der Waals surface area contributed by atoms with Gasteiger partial charge in [0.05, 0.1) is 0 Å². The zero-order valence-corrected chi connectivity index (χ0v) is 13.3. The van der Waals surface area contributed by atoms with Gasteiger partial charge in [-0.1, -0.05) is 13.8 Å². The summed E-state index contributed by atoms with van der Waals surface area (Å²) in [5.74, 6) is 0.295. The molecule has 1 heterocycles. The third-order valence-electron chi connectivity index (χ3n) is 3.39. The first-order valence-electron chi connectivity index (χ1n) is 6.26. The van der Waals surface area contributed by atoms with Gasteiger partial charge in [0, 0.05) is 37.8 Å². The van der Waals surface area contributed by atoms with Crippen LogP contribution in [0.15, 0.2) is 11.8 Å². The molecule has 0 amide bonds. The number of ketones is 1. The molecule has 0 aromatic heterocycles. The van der Waals surface area contributed by atoms with E-state index in [1.165, 1.54) is 12.1 Å². The van der Waals surface area contributed by atoms with E-state index in [-0.39, 0.29) is 35.7 Å². The Bertz CT molecular complexity index is 312. The Morgan fingerprint density at radius 2 is 1.84 bits per heavy atom. The lowest BCUT2D eigenvalue weighted by Crippen LogP contribution is -2.33. The third kappa shape index (κ3) is 6.13. The van der Waals surface area contributed by atoms with Crippen molar-refractivity contribution >= 4 is 30.6 Å². The maximum atomic E-state index is 11.7. The van der Waals surface area contributed by atoms with Crippen LogP contribution in [0.25, 0.3) is 0 Å². The van der Waals surface area contributed by atoms with E-state index < -0.39 is 0 Å². The fourth-order valence-corrected chi connectivity index (χ4v) is 2.65. The van der Waals surface area contributed by atoms with Crippen molar-refractivity contribution < 1.29 is 10.3 Å². The van der Waals surface area contributed by atoms with Gasteiger partial charge < -0.3 is 15.7 Å². The number of carbonyl (C=O) groups is 1. The molecule has 0 radical (unpaired) electrons. The Morgan fingerprint density at radius 3 is 2.47 bits per heavy atom. The molecule has 114 valence electrons. The largest absolute Gasteiger partial charge is 0.412 e. The average Bonchev–Trinajstić information content (AvgIpc) is 2.42. The minimum atomic E-state index is 0. The molecule has 6 heteroatoms. The van der Waals surface area contributed by atoms with E-state index in [1.807, 2.05) is 6.08 Å². The molecule has 0 atom stereocenters. The maximum absolute atomic E-state index is 11.7. The number of nitrogens with zero attached hydrogens (tertiary/aromatic N) is 1. The molecule has 0 spiro atoms. The lowest BCUT2D eigenvalue weighted by molar-refractivity contribution is -0.117. The zero-order chi connectivity index (χ0) is 11.6. The van der Waals surface area contributed by atoms with Gasteiger partial charge in [-0.25, -0.2) is 0 Å². The van der Waals surface area contributed by atoms with Crippen LogP contribution in [0, 0.1) is 5.41 Å². The number of hydrogen-bond donors (Lipinski definition) is 1. The molecular weight excluding hydrogens is 287 g/mol. The molecule has 1 aliphatic carbocycles. The van der Waals surface area contributed by atoms with Crippen LogP contribution < -0.4 is 5.32 Å². The Morgan fingerprint density at radius 1 is 1.16 bits per heavy atom. The van der Waals surface area contributed by atoms with Crippen molar-refractivity contribution in [3.05, 3.63) is 11.8 Å². The second-order valence-corrected chi connectivity index (χ2v) is 5.71. The van der Waals surface area contributed by atoms with Gasteiger partial charge in [0.1, 0.15) is 0 Å². The van der Waals surface area contributed by atoms with Crippen molar-refractivity contribution in [2.75, 3.05) is 26.2 Å². The van der Waals surface area contributed by atoms with Gasteiger partial charge >= 0.3 is 0 Å². The van der Waals surface area contributed by atoms with Gasteiger partial charge in [0.25, 0.3) is 0 Å². The molecule has 1 fully saturated rings. The number of rotatable bonds is 1. The van der Waals surface area contributed by atoms with Crippen LogP contribution in [0.3, 0.4) is 0 Å². The van der Waals surface area contributed by atoms with Crippen LogP contribution in [-0.4, -0.2) is 42.3 Å². The highest BCUT2D eigenvalue weighted by molar-refractivity contribution is 5.91. The molecule has 0 bridgehead atoms. The van der Waals surface area contributed by atoms with Crippen molar-refractivity contribution in [3.8, 4) is 0 Å². The van der Waals surface area contributed by atoms with Gasteiger partial charge in [0.2, 0.25) is 0 Å². The molecule has 3 N–H and O–H groups in total. The van der Waals surface area contributed by atoms with Gasteiger partial charge in [-0.2, -0.15) is 0 Å². The summed E-state index contributed by atoms with van der Waals surface area (Å²) in [7, 11) is 0. The van der Waals surface area contributed by atoms with Crippen LogP contribution in [0.4, 0.5) is 0 Å². The zero-order valence-electron chi connectivity index (χ0n) is 11.7. The van der Waals surface area contributed by atoms with Crippen molar-refractivity contribution in [3.63, 3.8) is 0 Å². The van der Waals surface area contributed by atoms with Gasteiger partial charge in [-0.3, -0.25) is 4.79 Å². The van der Waals surface area contributed by atoms with Gasteiger partial charge in [0.15, 0.2) is 5.78 Å². The van der Waals surface area contributed by atoms with Crippen molar-refractivity contribution in [1.29, 1.82) is 0 Å². The molecule has 0 saturated carbocycles. The first kappa shape index (κ1) is 21.0. The van der Waals surface area contributed by atoms with E-state index in [0.29, 0.717) is 12.2 Å². The standard InChI is InChI=1S/C13H22N2O.2ClH.H2O/c1-13(2)9-11(8-12(16)10-13)15-6-3-4-14-5-7-15;;;/h8,14H,3-7,9-10H2,1-2H3;2*1H;1H2. The van der Waals surface area contributed by atoms with Crippen LogP contribution >= 0.6 is 24.8 Å². The summed E-state index contributed by atoms with van der Waals surface area (Å²) < 4.78 is 0. The molecular formula is C13H26Cl2N2O2. The summed E-state index contributed by atoms with van der Waals surface area (Å²) in [5, 5.41) is 3.39. The summed E-state index contributed by atoms with van der Waals surface area (Å²) in [6, 6.07) is 0. The highest BCUT2D eigenvalue weighted by Crippen LogP contribution is 2.34. The van der Waals surface area contributed by atoms with E-state index in [4.69, 9.17) is 0 Å². The monoisotopic (exact) mass is 312 g/mol. The van der Waals surface area contributed by atoms with Crippen molar-refractivity contribution in [1.82, 2.24) is 10.2 Å². The lowest BCUT2D eigenvalue weighted by Gasteiger charge is -2.35. The Hall–Kier alpha value is -0.290. The molecule has 19 heavy (non-hydrogen) atoms. The molecule has 1 aliphatic heterocycles. The minimum Gasteiger partial charge on any atom is -0.412 e. The van der Waals surface area contributed by atoms with Crippen molar-refractivity contribution in [2.45, 2.75) is 33.1 Å².